The molecule has 0 saturated carbocycles. The van der Waals surface area contributed by atoms with Gasteiger partial charge in [0.15, 0.2) is 5.65 Å². The van der Waals surface area contributed by atoms with Crippen LogP contribution in [-0.2, 0) is 14.8 Å². The first-order chi connectivity index (χ1) is 19.9. The number of halogens is 1. The second-order valence-corrected chi connectivity index (χ2v) is 14.0. The molecule has 9 nitrogen and oxygen atoms in total. The highest BCUT2D eigenvalue weighted by Crippen LogP contribution is 2.36. The first-order valence-corrected chi connectivity index (χ1v) is 15.8. The molecule has 218 valence electrons. The van der Waals surface area contributed by atoms with Crippen molar-refractivity contribution < 1.29 is 22.7 Å². The summed E-state index contributed by atoms with van der Waals surface area (Å²) in [5.41, 5.74) is 2.27. The number of pyridine rings is 1. The number of fused-ring (bicyclic) bond motifs is 1. The number of carbonyl (C=O) groups is 1. The Morgan fingerprint density at radius 1 is 1.10 bits per heavy atom. The van der Waals surface area contributed by atoms with E-state index in [0.29, 0.717) is 58.2 Å². The molecule has 1 aliphatic heterocycles. The van der Waals surface area contributed by atoms with Crippen LogP contribution in [0.25, 0.3) is 22.2 Å². The number of nitriles is 1. The zero-order chi connectivity index (χ0) is 30.2. The molecule has 0 N–H and O–H groups in total. The van der Waals surface area contributed by atoms with Crippen molar-refractivity contribution in [1.82, 2.24) is 13.9 Å². The lowest BCUT2D eigenvalue weighted by molar-refractivity contribution is 0.0126. The van der Waals surface area contributed by atoms with E-state index in [1.807, 2.05) is 39.8 Å². The van der Waals surface area contributed by atoms with Gasteiger partial charge in [-0.1, -0.05) is 23.8 Å². The van der Waals surface area contributed by atoms with Crippen LogP contribution in [0.2, 0.25) is 0 Å². The smallest absolute Gasteiger partial charge is 0.410 e. The van der Waals surface area contributed by atoms with Gasteiger partial charge in [-0.05, 0) is 79.5 Å². The Hall–Kier alpha value is -3.88. The summed E-state index contributed by atoms with van der Waals surface area (Å²) in [7, 11) is -3.93. The van der Waals surface area contributed by atoms with E-state index in [-0.39, 0.29) is 22.7 Å². The Morgan fingerprint density at radius 3 is 2.43 bits per heavy atom. The average molecular weight is 652 g/mol. The fourth-order valence-corrected chi connectivity index (χ4v) is 6.50. The second-order valence-electron chi connectivity index (χ2n) is 11.3. The van der Waals surface area contributed by atoms with Crippen LogP contribution in [0.3, 0.4) is 0 Å². The lowest BCUT2D eigenvalue weighted by Gasteiger charge is -2.33. The molecule has 1 fully saturated rings. The minimum Gasteiger partial charge on any atom is -0.489 e. The van der Waals surface area contributed by atoms with E-state index in [1.165, 1.54) is 3.97 Å². The van der Waals surface area contributed by atoms with Gasteiger partial charge in [-0.15, -0.1) is 0 Å². The number of piperidine rings is 1. The molecule has 0 atom stereocenters. The van der Waals surface area contributed by atoms with Gasteiger partial charge in [0.05, 0.1) is 10.5 Å². The van der Waals surface area contributed by atoms with Crippen LogP contribution in [0.15, 0.2) is 70.3 Å². The number of hydrogen-bond donors (Lipinski definition) is 0. The predicted molar refractivity (Wildman–Crippen MR) is 163 cm³/mol. The zero-order valence-electron chi connectivity index (χ0n) is 23.8. The van der Waals surface area contributed by atoms with Crippen molar-refractivity contribution in [3.05, 3.63) is 76.5 Å². The van der Waals surface area contributed by atoms with Gasteiger partial charge in [-0.25, -0.2) is 22.2 Å². The molecule has 42 heavy (non-hydrogen) atoms. The third-order valence-corrected chi connectivity index (χ3v) is 9.05. The number of hydrogen-bond acceptors (Lipinski definition) is 7. The number of rotatable bonds is 5. The van der Waals surface area contributed by atoms with Crippen LogP contribution in [0, 0.1) is 18.3 Å². The maximum atomic E-state index is 13.6. The molecule has 3 heterocycles. The predicted octanol–water partition coefficient (Wildman–Crippen LogP) is 6.66. The molecule has 0 spiro atoms. The van der Waals surface area contributed by atoms with E-state index in [1.54, 1.807) is 53.7 Å². The highest BCUT2D eigenvalue weighted by Gasteiger charge is 2.28. The van der Waals surface area contributed by atoms with Crippen molar-refractivity contribution in [1.29, 1.82) is 5.26 Å². The van der Waals surface area contributed by atoms with Crippen molar-refractivity contribution in [3.8, 4) is 22.9 Å². The number of aromatic nitrogens is 2. The Balaban J connectivity index is 1.42. The minimum absolute atomic E-state index is 0.153. The molecule has 1 saturated heterocycles. The third-order valence-electron chi connectivity index (χ3n) is 6.95. The molecule has 1 amide bonds. The SMILES string of the molecule is Cc1ccc(S(=O)(=O)n2cc(-c3ccc(OC4CCN(C(=O)OC(C)(C)C)CC4)c(C#N)c3)c3cc(Br)cnc32)cc1. The maximum absolute atomic E-state index is 13.6. The molecule has 0 unspecified atom stereocenters. The summed E-state index contributed by atoms with van der Waals surface area (Å²) in [5, 5.41) is 10.6. The molecule has 4 aromatic rings. The van der Waals surface area contributed by atoms with Crippen molar-refractivity contribution in [2.75, 3.05) is 13.1 Å². The van der Waals surface area contributed by atoms with Gasteiger partial charge in [0, 0.05) is 53.7 Å². The van der Waals surface area contributed by atoms with Crippen LogP contribution in [0.5, 0.6) is 5.75 Å². The number of amides is 1. The van der Waals surface area contributed by atoms with Crippen molar-refractivity contribution >= 4 is 43.1 Å². The summed E-state index contributed by atoms with van der Waals surface area (Å²) in [6, 6.07) is 15.9. The number of ether oxygens (including phenoxy) is 2. The zero-order valence-corrected chi connectivity index (χ0v) is 26.2. The Bertz CT molecular complexity index is 1800. The van der Waals surface area contributed by atoms with Gasteiger partial charge in [0.1, 0.15) is 23.5 Å². The highest BCUT2D eigenvalue weighted by molar-refractivity contribution is 9.10. The molecule has 1 aliphatic rings. The van der Waals surface area contributed by atoms with Crippen LogP contribution >= 0.6 is 15.9 Å². The highest BCUT2D eigenvalue weighted by atomic mass is 79.9. The van der Waals surface area contributed by atoms with E-state index < -0.39 is 15.6 Å². The van der Waals surface area contributed by atoms with Crippen LogP contribution in [0.4, 0.5) is 4.79 Å². The van der Waals surface area contributed by atoms with E-state index in [0.717, 1.165) is 5.56 Å². The number of carbonyl (C=O) groups excluding carboxylic acids is 1. The van der Waals surface area contributed by atoms with Gasteiger partial charge >= 0.3 is 6.09 Å². The van der Waals surface area contributed by atoms with Gasteiger partial charge in [-0.2, -0.15) is 5.26 Å². The van der Waals surface area contributed by atoms with Gasteiger partial charge in [0.2, 0.25) is 0 Å². The molecule has 0 radical (unpaired) electrons. The van der Waals surface area contributed by atoms with E-state index in [9.17, 15) is 18.5 Å². The fraction of sp³-hybridized carbons (Fsp3) is 0.323. The van der Waals surface area contributed by atoms with Crippen molar-refractivity contribution in [3.63, 3.8) is 0 Å². The quantitative estimate of drug-likeness (QED) is 0.237. The summed E-state index contributed by atoms with van der Waals surface area (Å²) in [4.78, 5) is 18.6. The molecular weight excluding hydrogens is 620 g/mol. The standard InChI is InChI=1S/C31H31BrN4O5S/c1-20-5-8-25(9-6-20)42(38,39)36-19-27(26-16-23(32)18-34-29(26)36)21-7-10-28(22(15-21)17-33)40-24-11-13-35(14-12-24)30(37)41-31(2,3)4/h5-10,15-16,18-19,24H,11-14H2,1-4H3. The first kappa shape index (κ1) is 29.6. The molecule has 11 heteroatoms. The summed E-state index contributed by atoms with van der Waals surface area (Å²) in [6.45, 7) is 8.40. The van der Waals surface area contributed by atoms with E-state index in [4.69, 9.17) is 9.47 Å². The monoisotopic (exact) mass is 650 g/mol. The van der Waals surface area contributed by atoms with E-state index in [2.05, 4.69) is 27.0 Å². The topological polar surface area (TPSA) is 115 Å². The molecule has 5 rings (SSSR count). The van der Waals surface area contributed by atoms with Gasteiger partial charge in [0.25, 0.3) is 10.0 Å². The Kier molecular flexibility index (Phi) is 8.05. The fourth-order valence-electron chi connectivity index (χ4n) is 4.84. The summed E-state index contributed by atoms with van der Waals surface area (Å²) in [6.07, 6.45) is 3.81. The van der Waals surface area contributed by atoms with Crippen molar-refractivity contribution in [2.24, 2.45) is 0 Å². The minimum atomic E-state index is -3.93. The molecule has 0 bridgehead atoms. The molecule has 0 aliphatic carbocycles. The van der Waals surface area contributed by atoms with Gasteiger partial charge in [-0.3, -0.25) is 0 Å². The molecule has 2 aromatic heterocycles. The average Bonchev–Trinajstić information content (AvgIpc) is 3.32. The van der Waals surface area contributed by atoms with Crippen LogP contribution < -0.4 is 4.74 Å². The van der Waals surface area contributed by atoms with Crippen molar-refractivity contribution in [2.45, 2.75) is 57.1 Å². The van der Waals surface area contributed by atoms with Crippen LogP contribution in [-0.4, -0.2) is 53.2 Å². The molecular formula is C31H31BrN4O5S. The van der Waals surface area contributed by atoms with Crippen LogP contribution in [0.1, 0.15) is 44.7 Å². The number of nitrogens with zero attached hydrogens (tertiary/aromatic N) is 4. The third kappa shape index (κ3) is 6.15. The Morgan fingerprint density at radius 2 is 1.79 bits per heavy atom. The summed E-state index contributed by atoms with van der Waals surface area (Å²) >= 11 is 3.45. The first-order valence-electron chi connectivity index (χ1n) is 13.5. The number of aryl methyl sites for hydroxylation is 1. The lowest BCUT2D eigenvalue weighted by Crippen LogP contribution is -2.44. The Labute approximate surface area is 253 Å². The summed E-state index contributed by atoms with van der Waals surface area (Å²) in [5.74, 6) is 0.437. The normalized spacial score (nSPS) is 14.5. The number of benzene rings is 2. The lowest BCUT2D eigenvalue weighted by atomic mass is 10.0. The molecule has 2 aromatic carbocycles. The van der Waals surface area contributed by atoms with E-state index >= 15 is 0 Å². The summed E-state index contributed by atoms with van der Waals surface area (Å²) < 4.78 is 40.8. The second kappa shape index (κ2) is 11.4. The number of likely N-dealkylation sites (tertiary alicyclic amines) is 1. The van der Waals surface area contributed by atoms with Gasteiger partial charge < -0.3 is 14.4 Å². The largest absolute Gasteiger partial charge is 0.489 e. The maximum Gasteiger partial charge on any atom is 0.410 e.